The number of aromatic nitrogens is 2. The van der Waals surface area contributed by atoms with Gasteiger partial charge in [0.15, 0.2) is 5.82 Å². The van der Waals surface area contributed by atoms with Crippen LogP contribution in [0.2, 0.25) is 0 Å². The number of hydrogen-bond donors (Lipinski definition) is 3. The van der Waals surface area contributed by atoms with Crippen LogP contribution in [0.4, 0.5) is 15.0 Å². The molecule has 33 heavy (non-hydrogen) atoms. The Labute approximate surface area is 190 Å². The Hall–Kier alpha value is -3.46. The van der Waals surface area contributed by atoms with E-state index in [0.29, 0.717) is 54.4 Å². The van der Waals surface area contributed by atoms with Crippen molar-refractivity contribution in [3.05, 3.63) is 48.3 Å². The van der Waals surface area contributed by atoms with E-state index in [-0.39, 0.29) is 29.4 Å². The lowest BCUT2D eigenvalue weighted by Crippen LogP contribution is -2.46. The fourth-order valence-corrected chi connectivity index (χ4v) is 4.98. The van der Waals surface area contributed by atoms with Crippen molar-refractivity contribution in [1.82, 2.24) is 15.3 Å². The molecule has 2 saturated heterocycles. The van der Waals surface area contributed by atoms with Crippen molar-refractivity contribution < 1.29 is 24.1 Å². The van der Waals surface area contributed by atoms with Crippen molar-refractivity contribution in [2.75, 3.05) is 31.2 Å². The summed E-state index contributed by atoms with van der Waals surface area (Å²) in [6.45, 7) is 2.41. The van der Waals surface area contributed by atoms with Gasteiger partial charge in [0.25, 0.3) is 0 Å². The molecule has 8 nitrogen and oxygen atoms in total. The van der Waals surface area contributed by atoms with Crippen molar-refractivity contribution in [1.29, 1.82) is 0 Å². The highest BCUT2D eigenvalue weighted by Gasteiger charge is 2.38. The number of phenolic OH excluding ortho intramolecular Hbond substituents is 1. The summed E-state index contributed by atoms with van der Waals surface area (Å²) in [6, 6.07) is 11.0. The molecule has 0 spiro atoms. The first-order valence-corrected chi connectivity index (χ1v) is 11.1. The Bertz CT molecular complexity index is 1180. The summed E-state index contributed by atoms with van der Waals surface area (Å²) >= 11 is 0. The molecule has 0 aliphatic carbocycles. The van der Waals surface area contributed by atoms with Gasteiger partial charge in [0.2, 0.25) is 0 Å². The maximum Gasteiger partial charge on any atom is 0.404 e. The molecule has 3 aromatic rings. The topological polar surface area (TPSA) is 108 Å². The van der Waals surface area contributed by atoms with Crippen LogP contribution in [-0.2, 0) is 4.74 Å². The number of rotatable bonds is 5. The fraction of sp³-hybridized carbons (Fsp3) is 0.375. The van der Waals surface area contributed by atoms with Crippen LogP contribution in [0.5, 0.6) is 5.75 Å². The van der Waals surface area contributed by atoms with Crippen LogP contribution >= 0.6 is 0 Å². The van der Waals surface area contributed by atoms with Crippen LogP contribution in [-0.4, -0.2) is 58.6 Å². The molecule has 2 aliphatic heterocycles. The second-order valence-electron chi connectivity index (χ2n) is 8.64. The van der Waals surface area contributed by atoms with Crippen molar-refractivity contribution >= 4 is 22.8 Å². The van der Waals surface area contributed by atoms with Gasteiger partial charge in [0, 0.05) is 37.0 Å². The van der Waals surface area contributed by atoms with Crippen LogP contribution in [0.1, 0.15) is 12.8 Å². The maximum atomic E-state index is 14.1. The summed E-state index contributed by atoms with van der Waals surface area (Å²) in [5.41, 5.74) is 1.07. The first kappa shape index (κ1) is 21.4. The van der Waals surface area contributed by atoms with Gasteiger partial charge in [0.05, 0.1) is 17.7 Å². The smallest absolute Gasteiger partial charge is 0.404 e. The number of aromatic hydroxyl groups is 1. The number of phenols is 1. The molecule has 2 aliphatic rings. The Balaban J connectivity index is 1.52. The van der Waals surface area contributed by atoms with Crippen LogP contribution in [0.3, 0.4) is 0 Å². The van der Waals surface area contributed by atoms with Gasteiger partial charge in [-0.25, -0.2) is 19.2 Å². The average molecular weight is 452 g/mol. The Morgan fingerprint density at radius 1 is 1.18 bits per heavy atom. The van der Waals surface area contributed by atoms with E-state index < -0.39 is 6.09 Å². The number of ether oxygens (including phenoxy) is 1. The Morgan fingerprint density at radius 3 is 2.79 bits per heavy atom. The van der Waals surface area contributed by atoms with E-state index in [1.54, 1.807) is 30.3 Å². The highest BCUT2D eigenvalue weighted by Crippen LogP contribution is 2.36. The summed E-state index contributed by atoms with van der Waals surface area (Å²) in [7, 11) is 0. The van der Waals surface area contributed by atoms with Gasteiger partial charge < -0.3 is 25.2 Å². The van der Waals surface area contributed by atoms with E-state index in [9.17, 15) is 19.4 Å². The molecule has 1 amide bonds. The fourth-order valence-electron chi connectivity index (χ4n) is 4.98. The van der Waals surface area contributed by atoms with Crippen LogP contribution in [0.25, 0.3) is 22.3 Å². The first-order chi connectivity index (χ1) is 16.0. The van der Waals surface area contributed by atoms with Crippen LogP contribution < -0.4 is 10.2 Å². The largest absolute Gasteiger partial charge is 0.507 e. The van der Waals surface area contributed by atoms with E-state index in [2.05, 4.69) is 15.2 Å². The number of carbonyl (C=O) groups is 1. The SMILES string of the molecule is O=C(O)N[C@@H](C1CCN(c2nc(-c3ccccc3O)nc3ccc(F)cc23)C1)[C@@H]1CCOC1. The third kappa shape index (κ3) is 4.28. The molecule has 1 aromatic heterocycles. The lowest BCUT2D eigenvalue weighted by molar-refractivity contribution is 0.154. The number of carboxylic acid groups (broad SMARTS) is 1. The molecule has 3 N–H and O–H groups in total. The van der Waals surface area contributed by atoms with Gasteiger partial charge >= 0.3 is 6.09 Å². The quantitative estimate of drug-likeness (QED) is 0.542. The van der Waals surface area contributed by atoms with E-state index in [1.807, 2.05) is 0 Å². The number of para-hydroxylation sites is 1. The van der Waals surface area contributed by atoms with Gasteiger partial charge in [-0.15, -0.1) is 0 Å². The van der Waals surface area contributed by atoms with E-state index in [1.165, 1.54) is 12.1 Å². The summed E-state index contributed by atoms with van der Waals surface area (Å²) in [4.78, 5) is 22.8. The lowest BCUT2D eigenvalue weighted by Gasteiger charge is -2.28. The Kier molecular flexibility index (Phi) is 5.72. The number of fused-ring (bicyclic) bond motifs is 1. The van der Waals surface area contributed by atoms with Crippen molar-refractivity contribution in [3.63, 3.8) is 0 Å². The highest BCUT2D eigenvalue weighted by atomic mass is 19.1. The second-order valence-corrected chi connectivity index (χ2v) is 8.64. The van der Waals surface area contributed by atoms with Gasteiger partial charge in [-0.1, -0.05) is 12.1 Å². The van der Waals surface area contributed by atoms with Crippen LogP contribution in [0, 0.1) is 17.7 Å². The molecule has 172 valence electrons. The molecule has 0 radical (unpaired) electrons. The lowest BCUT2D eigenvalue weighted by atomic mass is 9.87. The molecule has 0 bridgehead atoms. The molecule has 0 saturated carbocycles. The average Bonchev–Trinajstić information content (AvgIpc) is 3.50. The molecule has 2 aromatic carbocycles. The highest BCUT2D eigenvalue weighted by molar-refractivity contribution is 5.91. The van der Waals surface area contributed by atoms with Crippen molar-refractivity contribution in [2.45, 2.75) is 18.9 Å². The number of nitrogens with one attached hydrogen (secondary N) is 1. The third-order valence-electron chi connectivity index (χ3n) is 6.58. The van der Waals surface area contributed by atoms with E-state index in [0.717, 1.165) is 12.8 Å². The zero-order chi connectivity index (χ0) is 22.9. The summed E-state index contributed by atoms with van der Waals surface area (Å²) < 4.78 is 19.6. The van der Waals surface area contributed by atoms with Crippen molar-refractivity contribution in [3.8, 4) is 17.1 Å². The normalized spacial score (nSPS) is 21.4. The minimum absolute atomic E-state index is 0.0659. The summed E-state index contributed by atoms with van der Waals surface area (Å²) in [5, 5.41) is 23.0. The number of hydrogen-bond acceptors (Lipinski definition) is 6. The van der Waals surface area contributed by atoms with E-state index >= 15 is 0 Å². The van der Waals surface area contributed by atoms with E-state index in [4.69, 9.17) is 9.72 Å². The third-order valence-corrected chi connectivity index (χ3v) is 6.58. The van der Waals surface area contributed by atoms with Gasteiger partial charge in [0.1, 0.15) is 17.4 Å². The number of benzene rings is 2. The molecule has 3 atom stereocenters. The molecule has 9 heteroatoms. The second kappa shape index (κ2) is 8.82. The first-order valence-electron chi connectivity index (χ1n) is 11.1. The molecule has 5 rings (SSSR count). The maximum absolute atomic E-state index is 14.1. The zero-order valence-electron chi connectivity index (χ0n) is 17.9. The Morgan fingerprint density at radius 2 is 2.03 bits per heavy atom. The molecule has 1 unspecified atom stereocenters. The molecular weight excluding hydrogens is 427 g/mol. The molecule has 3 heterocycles. The van der Waals surface area contributed by atoms with Crippen LogP contribution in [0.15, 0.2) is 42.5 Å². The molecular formula is C24H25FN4O4. The zero-order valence-corrected chi connectivity index (χ0v) is 17.9. The monoisotopic (exact) mass is 452 g/mol. The molecule has 2 fully saturated rings. The van der Waals surface area contributed by atoms with Crippen molar-refractivity contribution in [2.24, 2.45) is 11.8 Å². The standard InChI is InChI=1S/C24H25FN4O4/c25-16-5-6-19-18(11-16)23(28-22(26-19)17-3-1-2-4-20(17)30)29-9-7-14(12-29)21(27-24(31)32)15-8-10-33-13-15/h1-6,11,14-15,21,27,30H,7-10,12-13H2,(H,31,32)/t14?,15-,21+/m1/s1. The number of halogens is 1. The van der Waals surface area contributed by atoms with Gasteiger partial charge in [-0.3, -0.25) is 0 Å². The summed E-state index contributed by atoms with van der Waals surface area (Å²) in [6.07, 6.45) is 0.552. The predicted molar refractivity (Wildman–Crippen MR) is 121 cm³/mol. The number of anilines is 1. The minimum atomic E-state index is -1.04. The number of nitrogens with zero attached hydrogens (tertiary/aromatic N) is 3. The summed E-state index contributed by atoms with van der Waals surface area (Å²) in [5.74, 6) is 0.817. The van der Waals surface area contributed by atoms with Gasteiger partial charge in [-0.05, 0) is 49.1 Å². The number of amides is 1. The van der Waals surface area contributed by atoms with Gasteiger partial charge in [-0.2, -0.15) is 0 Å². The predicted octanol–water partition coefficient (Wildman–Crippen LogP) is 3.64. The minimum Gasteiger partial charge on any atom is -0.507 e.